The van der Waals surface area contributed by atoms with Gasteiger partial charge < -0.3 is 0 Å². The van der Waals surface area contributed by atoms with Crippen LogP contribution in [0.3, 0.4) is 0 Å². The molecule has 22 heavy (non-hydrogen) atoms. The van der Waals surface area contributed by atoms with Crippen molar-refractivity contribution < 1.29 is 9.59 Å². The Balaban J connectivity index is 2.42. The van der Waals surface area contributed by atoms with Crippen molar-refractivity contribution in [1.82, 2.24) is 20.6 Å². The van der Waals surface area contributed by atoms with E-state index in [0.717, 1.165) is 0 Å². The number of hydrogen-bond acceptors (Lipinski definition) is 4. The summed E-state index contributed by atoms with van der Waals surface area (Å²) in [4.78, 5) is 36.0. The predicted octanol–water partition coefficient (Wildman–Crippen LogP) is 0.833. The molecule has 2 aromatic rings. The van der Waals surface area contributed by atoms with E-state index >= 15 is 0 Å². The third kappa shape index (κ3) is 2.98. The SMILES string of the molecule is CCn1nc(C(=O)NNC(=O)C(C)C)c2ccccc2c1=O. The Morgan fingerprint density at radius 3 is 2.41 bits per heavy atom. The Kier molecular flexibility index (Phi) is 4.55. The molecule has 0 aliphatic heterocycles. The topological polar surface area (TPSA) is 93.1 Å². The van der Waals surface area contributed by atoms with Crippen LogP contribution in [-0.4, -0.2) is 21.6 Å². The van der Waals surface area contributed by atoms with Crippen LogP contribution in [-0.2, 0) is 11.3 Å². The standard InChI is InChI=1S/C15H18N4O3/c1-4-19-15(22)11-8-6-5-7-10(11)12(18-19)14(21)17-16-13(20)9(2)3/h5-9H,4H2,1-3H3,(H,16,20)(H,17,21). The van der Waals surface area contributed by atoms with Crippen LogP contribution >= 0.6 is 0 Å². The van der Waals surface area contributed by atoms with Gasteiger partial charge in [-0.2, -0.15) is 5.10 Å². The fourth-order valence-electron chi connectivity index (χ4n) is 1.94. The van der Waals surface area contributed by atoms with E-state index in [1.807, 2.05) is 0 Å². The second kappa shape index (κ2) is 6.38. The molecule has 7 heteroatoms. The molecule has 0 saturated carbocycles. The van der Waals surface area contributed by atoms with Gasteiger partial charge in [-0.25, -0.2) is 4.68 Å². The summed E-state index contributed by atoms with van der Waals surface area (Å²) in [5, 5.41) is 4.95. The lowest BCUT2D eigenvalue weighted by atomic mass is 10.1. The molecule has 0 radical (unpaired) electrons. The van der Waals surface area contributed by atoms with Gasteiger partial charge in [0.25, 0.3) is 11.5 Å². The highest BCUT2D eigenvalue weighted by Gasteiger charge is 2.17. The molecule has 1 heterocycles. The predicted molar refractivity (Wildman–Crippen MR) is 82.1 cm³/mol. The molecule has 2 N–H and O–H groups in total. The molecule has 0 fully saturated rings. The summed E-state index contributed by atoms with van der Waals surface area (Å²) < 4.78 is 1.22. The average Bonchev–Trinajstić information content (AvgIpc) is 2.52. The molecular weight excluding hydrogens is 284 g/mol. The molecule has 1 aromatic carbocycles. The number of hydrogen-bond donors (Lipinski definition) is 2. The zero-order chi connectivity index (χ0) is 16.3. The van der Waals surface area contributed by atoms with E-state index in [2.05, 4.69) is 16.0 Å². The first kappa shape index (κ1) is 15.7. The van der Waals surface area contributed by atoms with Crippen LogP contribution in [0.1, 0.15) is 31.3 Å². The van der Waals surface area contributed by atoms with Crippen molar-refractivity contribution in [2.24, 2.45) is 5.92 Å². The van der Waals surface area contributed by atoms with Crippen LogP contribution < -0.4 is 16.4 Å². The maximum atomic E-state index is 12.3. The lowest BCUT2D eigenvalue weighted by molar-refractivity contribution is -0.124. The largest absolute Gasteiger partial charge is 0.290 e. The summed E-state index contributed by atoms with van der Waals surface area (Å²) in [5.74, 6) is -1.12. The first-order valence-electron chi connectivity index (χ1n) is 7.05. The molecule has 0 aliphatic rings. The molecule has 1 aromatic heterocycles. The molecule has 7 nitrogen and oxygen atoms in total. The molecule has 0 bridgehead atoms. The number of nitrogens with zero attached hydrogens (tertiary/aromatic N) is 2. The maximum absolute atomic E-state index is 12.3. The number of hydrazine groups is 1. The van der Waals surface area contributed by atoms with Crippen molar-refractivity contribution in [2.45, 2.75) is 27.3 Å². The molecular formula is C15H18N4O3. The number of carbonyl (C=O) groups is 2. The lowest BCUT2D eigenvalue weighted by Crippen LogP contribution is -2.44. The molecule has 2 amide bonds. The normalized spacial score (nSPS) is 10.7. The summed E-state index contributed by atoms with van der Waals surface area (Å²) in [5.41, 5.74) is 4.51. The fourth-order valence-corrected chi connectivity index (χ4v) is 1.94. The third-order valence-electron chi connectivity index (χ3n) is 3.21. The van der Waals surface area contributed by atoms with Gasteiger partial charge in [0.15, 0.2) is 5.69 Å². The van der Waals surface area contributed by atoms with Crippen LogP contribution in [0.5, 0.6) is 0 Å². The zero-order valence-electron chi connectivity index (χ0n) is 12.7. The Hall–Kier alpha value is -2.70. The maximum Gasteiger partial charge on any atom is 0.290 e. The summed E-state index contributed by atoms with van der Waals surface area (Å²) >= 11 is 0. The van der Waals surface area contributed by atoms with Crippen molar-refractivity contribution >= 4 is 22.6 Å². The summed E-state index contributed by atoms with van der Waals surface area (Å²) in [7, 11) is 0. The van der Waals surface area contributed by atoms with Crippen molar-refractivity contribution in [3.63, 3.8) is 0 Å². The average molecular weight is 302 g/mol. The van der Waals surface area contributed by atoms with Gasteiger partial charge in [0, 0.05) is 17.8 Å². The number of rotatable bonds is 3. The minimum absolute atomic E-state index is 0.0982. The highest BCUT2D eigenvalue weighted by Crippen LogP contribution is 2.12. The molecule has 0 atom stereocenters. The third-order valence-corrected chi connectivity index (χ3v) is 3.21. The van der Waals surface area contributed by atoms with Crippen LogP contribution in [0.4, 0.5) is 0 Å². The molecule has 116 valence electrons. The minimum atomic E-state index is -0.563. The number of carbonyl (C=O) groups excluding carboxylic acids is 2. The number of aryl methyl sites for hydroxylation is 1. The smallest absolute Gasteiger partial charge is 0.273 e. The van der Waals surface area contributed by atoms with Crippen LogP contribution in [0.2, 0.25) is 0 Å². The van der Waals surface area contributed by atoms with Gasteiger partial charge >= 0.3 is 0 Å². The number of nitrogens with one attached hydrogen (secondary N) is 2. The van der Waals surface area contributed by atoms with E-state index in [1.54, 1.807) is 45.0 Å². The van der Waals surface area contributed by atoms with Gasteiger partial charge in [0.2, 0.25) is 5.91 Å². The van der Waals surface area contributed by atoms with Crippen molar-refractivity contribution in [3.8, 4) is 0 Å². The van der Waals surface area contributed by atoms with Gasteiger partial charge in [-0.3, -0.25) is 25.2 Å². The van der Waals surface area contributed by atoms with E-state index < -0.39 is 5.91 Å². The fraction of sp³-hybridized carbons (Fsp3) is 0.333. The first-order chi connectivity index (χ1) is 10.5. The molecule has 0 aliphatic carbocycles. The summed E-state index contributed by atoms with van der Waals surface area (Å²) in [6.07, 6.45) is 0. The number of fused-ring (bicyclic) bond motifs is 1. The molecule has 0 saturated heterocycles. The molecule has 0 unspecified atom stereocenters. The first-order valence-corrected chi connectivity index (χ1v) is 7.05. The summed E-state index contributed by atoms with van der Waals surface area (Å²) in [6, 6.07) is 6.76. The van der Waals surface area contributed by atoms with E-state index in [-0.39, 0.29) is 23.1 Å². The molecule has 2 rings (SSSR count). The Morgan fingerprint density at radius 1 is 1.18 bits per heavy atom. The quantitative estimate of drug-likeness (QED) is 0.821. The minimum Gasteiger partial charge on any atom is -0.273 e. The second-order valence-corrected chi connectivity index (χ2v) is 5.11. The number of amides is 2. The van der Waals surface area contributed by atoms with Gasteiger partial charge in [-0.05, 0) is 13.0 Å². The van der Waals surface area contributed by atoms with E-state index in [1.165, 1.54) is 4.68 Å². The van der Waals surface area contributed by atoms with Crippen LogP contribution in [0.15, 0.2) is 29.1 Å². The van der Waals surface area contributed by atoms with Gasteiger partial charge in [0.05, 0.1) is 5.39 Å². The van der Waals surface area contributed by atoms with Gasteiger partial charge in [0.1, 0.15) is 0 Å². The summed E-state index contributed by atoms with van der Waals surface area (Å²) in [6.45, 7) is 5.55. The lowest BCUT2D eigenvalue weighted by Gasteiger charge is -2.11. The Labute approximate surface area is 127 Å². The van der Waals surface area contributed by atoms with Gasteiger partial charge in [-0.15, -0.1) is 0 Å². The second-order valence-electron chi connectivity index (χ2n) is 5.11. The van der Waals surface area contributed by atoms with E-state index in [0.29, 0.717) is 17.3 Å². The van der Waals surface area contributed by atoms with Crippen molar-refractivity contribution in [1.29, 1.82) is 0 Å². The highest BCUT2D eigenvalue weighted by atomic mass is 16.2. The van der Waals surface area contributed by atoms with Crippen molar-refractivity contribution in [2.75, 3.05) is 0 Å². The highest BCUT2D eigenvalue weighted by molar-refractivity contribution is 6.05. The van der Waals surface area contributed by atoms with Crippen LogP contribution in [0, 0.1) is 5.92 Å². The van der Waals surface area contributed by atoms with Crippen LogP contribution in [0.25, 0.3) is 10.8 Å². The van der Waals surface area contributed by atoms with Gasteiger partial charge in [-0.1, -0.05) is 32.0 Å². The monoisotopic (exact) mass is 302 g/mol. The van der Waals surface area contributed by atoms with E-state index in [9.17, 15) is 14.4 Å². The Morgan fingerprint density at radius 2 is 1.82 bits per heavy atom. The van der Waals surface area contributed by atoms with E-state index in [4.69, 9.17) is 0 Å². The molecule has 0 spiro atoms. The Bertz CT molecular complexity index is 780. The van der Waals surface area contributed by atoms with Crippen molar-refractivity contribution in [3.05, 3.63) is 40.3 Å². The number of benzene rings is 1. The zero-order valence-corrected chi connectivity index (χ0v) is 12.7. The number of aromatic nitrogens is 2.